The fourth-order valence-corrected chi connectivity index (χ4v) is 1.42. The molecule has 0 spiro atoms. The van der Waals surface area contributed by atoms with Gasteiger partial charge in [-0.05, 0) is 26.8 Å². The van der Waals surface area contributed by atoms with E-state index in [-0.39, 0.29) is 5.91 Å². The molecule has 1 rings (SSSR count). The third kappa shape index (κ3) is 2.72. The van der Waals surface area contributed by atoms with Gasteiger partial charge in [0.05, 0.1) is 11.3 Å². The number of anilines is 1. The van der Waals surface area contributed by atoms with Crippen LogP contribution in [0.3, 0.4) is 0 Å². The van der Waals surface area contributed by atoms with E-state index in [0.717, 1.165) is 17.9 Å². The van der Waals surface area contributed by atoms with E-state index in [0.29, 0.717) is 12.1 Å². The van der Waals surface area contributed by atoms with Crippen LogP contribution < -0.4 is 5.32 Å². The molecule has 88 valence electrons. The number of amides is 1. The Labute approximate surface area is 96.7 Å². The zero-order valence-corrected chi connectivity index (χ0v) is 10.4. The molecule has 0 unspecified atom stereocenters. The third-order valence-corrected chi connectivity index (χ3v) is 2.46. The second-order valence-electron chi connectivity index (χ2n) is 3.72. The lowest BCUT2D eigenvalue weighted by atomic mass is 10.2. The summed E-state index contributed by atoms with van der Waals surface area (Å²) in [4.78, 5) is 17.9. The van der Waals surface area contributed by atoms with Crippen molar-refractivity contribution in [1.82, 2.24) is 9.88 Å². The Morgan fingerprint density at radius 3 is 2.75 bits per heavy atom. The summed E-state index contributed by atoms with van der Waals surface area (Å²) in [5.74, 6) is 0.00551. The van der Waals surface area contributed by atoms with Crippen molar-refractivity contribution in [2.45, 2.75) is 20.8 Å². The lowest BCUT2D eigenvalue weighted by Gasteiger charge is -2.17. The number of hydrogen-bond donors (Lipinski definition) is 1. The number of carbonyl (C=O) groups is 1. The number of nitrogens with zero attached hydrogens (tertiary/aromatic N) is 2. The van der Waals surface area contributed by atoms with Crippen molar-refractivity contribution in [1.29, 1.82) is 0 Å². The molecular weight excluding hydrogens is 202 g/mol. The number of nitrogens with one attached hydrogen (secondary N) is 1. The van der Waals surface area contributed by atoms with Gasteiger partial charge in [0.25, 0.3) is 5.91 Å². The average molecular weight is 221 g/mol. The average Bonchev–Trinajstić information content (AvgIpc) is 2.28. The summed E-state index contributed by atoms with van der Waals surface area (Å²) in [6.07, 6.45) is 1.64. The third-order valence-electron chi connectivity index (χ3n) is 2.46. The molecule has 4 nitrogen and oxygen atoms in total. The molecule has 0 fully saturated rings. The molecule has 1 N–H and O–H groups in total. The van der Waals surface area contributed by atoms with Gasteiger partial charge in [0.15, 0.2) is 0 Å². The normalized spacial score (nSPS) is 10.0. The standard InChI is InChI=1S/C12H19N3O/c1-5-13-11-7-9(3)14-8-10(11)12(16)15(4)6-2/h7-8H,5-6H2,1-4H3,(H,13,14). The first-order chi connectivity index (χ1) is 7.60. The van der Waals surface area contributed by atoms with E-state index in [1.807, 2.05) is 26.8 Å². The Morgan fingerprint density at radius 2 is 2.19 bits per heavy atom. The molecule has 1 heterocycles. The van der Waals surface area contributed by atoms with Gasteiger partial charge in [-0.2, -0.15) is 0 Å². The molecule has 0 radical (unpaired) electrons. The van der Waals surface area contributed by atoms with Crippen LogP contribution in [-0.2, 0) is 0 Å². The van der Waals surface area contributed by atoms with E-state index in [2.05, 4.69) is 10.3 Å². The van der Waals surface area contributed by atoms with Gasteiger partial charge in [0.2, 0.25) is 0 Å². The Balaban J connectivity index is 3.06. The lowest BCUT2D eigenvalue weighted by molar-refractivity contribution is 0.0803. The fourth-order valence-electron chi connectivity index (χ4n) is 1.42. The Morgan fingerprint density at radius 1 is 1.50 bits per heavy atom. The molecule has 1 aromatic rings. The molecule has 1 amide bonds. The van der Waals surface area contributed by atoms with Crippen LogP contribution in [0.2, 0.25) is 0 Å². The maximum absolute atomic E-state index is 12.0. The smallest absolute Gasteiger partial charge is 0.257 e. The molecule has 0 atom stereocenters. The minimum atomic E-state index is 0.00551. The topological polar surface area (TPSA) is 45.2 Å². The zero-order valence-electron chi connectivity index (χ0n) is 10.4. The summed E-state index contributed by atoms with van der Waals surface area (Å²) in [6, 6.07) is 1.90. The van der Waals surface area contributed by atoms with E-state index in [4.69, 9.17) is 0 Å². The van der Waals surface area contributed by atoms with Crippen molar-refractivity contribution in [3.05, 3.63) is 23.5 Å². The summed E-state index contributed by atoms with van der Waals surface area (Å²) in [5, 5.41) is 3.19. The van der Waals surface area contributed by atoms with Gasteiger partial charge in [-0.15, -0.1) is 0 Å². The number of carbonyl (C=O) groups excluding carboxylic acids is 1. The SMILES string of the molecule is CCNc1cc(C)ncc1C(=O)N(C)CC. The van der Waals surface area contributed by atoms with Crippen molar-refractivity contribution in [2.24, 2.45) is 0 Å². The number of aromatic nitrogens is 1. The molecule has 0 saturated heterocycles. The lowest BCUT2D eigenvalue weighted by Crippen LogP contribution is -2.27. The summed E-state index contributed by atoms with van der Waals surface area (Å²) in [7, 11) is 1.79. The highest BCUT2D eigenvalue weighted by Crippen LogP contribution is 2.17. The second kappa shape index (κ2) is 5.49. The minimum absolute atomic E-state index is 0.00551. The number of hydrogen-bond acceptors (Lipinski definition) is 3. The first-order valence-corrected chi connectivity index (χ1v) is 5.56. The minimum Gasteiger partial charge on any atom is -0.385 e. The molecule has 0 aliphatic rings. The monoisotopic (exact) mass is 221 g/mol. The highest BCUT2D eigenvalue weighted by molar-refractivity contribution is 5.99. The summed E-state index contributed by atoms with van der Waals surface area (Å²) < 4.78 is 0. The van der Waals surface area contributed by atoms with Crippen molar-refractivity contribution in [3.63, 3.8) is 0 Å². The summed E-state index contributed by atoms with van der Waals surface area (Å²) >= 11 is 0. The van der Waals surface area contributed by atoms with Crippen LogP contribution >= 0.6 is 0 Å². The summed E-state index contributed by atoms with van der Waals surface area (Å²) in [5.41, 5.74) is 2.41. The van der Waals surface area contributed by atoms with Crippen molar-refractivity contribution in [2.75, 3.05) is 25.5 Å². The Hall–Kier alpha value is -1.58. The predicted octanol–water partition coefficient (Wildman–Crippen LogP) is 1.91. The highest BCUT2D eigenvalue weighted by Gasteiger charge is 2.14. The molecule has 0 aromatic carbocycles. The van der Waals surface area contributed by atoms with Crippen LogP contribution in [0.15, 0.2) is 12.3 Å². The Kier molecular flexibility index (Phi) is 4.28. The molecule has 1 aromatic heterocycles. The van der Waals surface area contributed by atoms with Gasteiger partial charge in [-0.1, -0.05) is 0 Å². The molecule has 16 heavy (non-hydrogen) atoms. The molecular formula is C12H19N3O. The first kappa shape index (κ1) is 12.5. The highest BCUT2D eigenvalue weighted by atomic mass is 16.2. The second-order valence-corrected chi connectivity index (χ2v) is 3.72. The van der Waals surface area contributed by atoms with E-state index >= 15 is 0 Å². The van der Waals surface area contributed by atoms with Crippen LogP contribution in [0.25, 0.3) is 0 Å². The van der Waals surface area contributed by atoms with Crippen LogP contribution in [0.1, 0.15) is 29.9 Å². The van der Waals surface area contributed by atoms with Gasteiger partial charge < -0.3 is 10.2 Å². The quantitative estimate of drug-likeness (QED) is 0.844. The van der Waals surface area contributed by atoms with Gasteiger partial charge in [0.1, 0.15) is 0 Å². The number of rotatable bonds is 4. The van der Waals surface area contributed by atoms with Crippen LogP contribution in [0.4, 0.5) is 5.69 Å². The van der Waals surface area contributed by atoms with Crippen LogP contribution in [0.5, 0.6) is 0 Å². The molecule has 4 heteroatoms. The maximum Gasteiger partial charge on any atom is 0.257 e. The number of pyridine rings is 1. The largest absolute Gasteiger partial charge is 0.385 e. The molecule has 0 bridgehead atoms. The van der Waals surface area contributed by atoms with Crippen LogP contribution in [0, 0.1) is 6.92 Å². The van der Waals surface area contributed by atoms with Crippen LogP contribution in [-0.4, -0.2) is 35.9 Å². The van der Waals surface area contributed by atoms with Gasteiger partial charge in [0, 0.05) is 32.0 Å². The zero-order chi connectivity index (χ0) is 12.1. The van der Waals surface area contributed by atoms with Gasteiger partial charge in [-0.25, -0.2) is 0 Å². The fraction of sp³-hybridized carbons (Fsp3) is 0.500. The van der Waals surface area contributed by atoms with E-state index in [9.17, 15) is 4.79 Å². The van der Waals surface area contributed by atoms with Crippen molar-refractivity contribution in [3.8, 4) is 0 Å². The van der Waals surface area contributed by atoms with Crippen molar-refractivity contribution < 1.29 is 4.79 Å². The van der Waals surface area contributed by atoms with Crippen molar-refractivity contribution >= 4 is 11.6 Å². The maximum atomic E-state index is 12.0. The predicted molar refractivity (Wildman–Crippen MR) is 65.8 cm³/mol. The summed E-state index contributed by atoms with van der Waals surface area (Å²) in [6.45, 7) is 7.36. The van der Waals surface area contributed by atoms with E-state index in [1.165, 1.54) is 0 Å². The Bertz CT molecular complexity index is 377. The molecule has 0 saturated carbocycles. The van der Waals surface area contributed by atoms with Gasteiger partial charge >= 0.3 is 0 Å². The van der Waals surface area contributed by atoms with E-state index in [1.54, 1.807) is 18.1 Å². The first-order valence-electron chi connectivity index (χ1n) is 5.56. The van der Waals surface area contributed by atoms with E-state index < -0.39 is 0 Å². The molecule has 0 aliphatic heterocycles. The number of aryl methyl sites for hydroxylation is 1. The molecule has 0 aliphatic carbocycles. The van der Waals surface area contributed by atoms with Gasteiger partial charge in [-0.3, -0.25) is 9.78 Å².